The fraction of sp³-hybridized carbons (Fsp3) is 0.333. The molecule has 1 aromatic heterocycles. The predicted octanol–water partition coefficient (Wildman–Crippen LogP) is 5.14. The van der Waals surface area contributed by atoms with Crippen LogP contribution < -0.4 is 0 Å². The zero-order chi connectivity index (χ0) is 31.3. The van der Waals surface area contributed by atoms with Crippen LogP contribution in [0, 0.1) is 0 Å². The van der Waals surface area contributed by atoms with E-state index in [4.69, 9.17) is 0 Å². The largest absolute Gasteiger partial charge is 0.465 e. The summed E-state index contributed by atoms with van der Waals surface area (Å²) in [6.45, 7) is -0.433. The number of likely N-dealkylation sites (N-methyl/N-ethyl adjacent to an activating group) is 1. The molecule has 5 rings (SSSR count). The number of hydrogen-bond donors (Lipinski definition) is 2. The second kappa shape index (κ2) is 11.2. The second-order valence-electron chi connectivity index (χ2n) is 10.1. The average Bonchev–Trinajstić information content (AvgIpc) is 3.64. The minimum atomic E-state index is -5.01. The first-order valence-electron chi connectivity index (χ1n) is 12.7. The molecule has 0 saturated carbocycles. The monoisotopic (exact) mass is 627 g/mol. The van der Waals surface area contributed by atoms with Gasteiger partial charge in [0.15, 0.2) is 5.17 Å². The zero-order valence-corrected chi connectivity index (χ0v) is 23.0. The fourth-order valence-electron chi connectivity index (χ4n) is 5.05. The molecule has 3 heterocycles. The second-order valence-corrected chi connectivity index (χ2v) is 11.1. The Bertz CT molecular complexity index is 1650. The van der Waals surface area contributed by atoms with Crippen molar-refractivity contribution in [2.24, 2.45) is 4.99 Å². The lowest BCUT2D eigenvalue weighted by Crippen LogP contribution is -2.39. The highest BCUT2D eigenvalue weighted by molar-refractivity contribution is 8.18. The lowest BCUT2D eigenvalue weighted by Gasteiger charge is -2.24. The minimum absolute atomic E-state index is 0.0907. The van der Waals surface area contributed by atoms with Crippen molar-refractivity contribution in [2.45, 2.75) is 37.4 Å². The topological polar surface area (TPSA) is 111 Å². The molecule has 228 valence electrons. The number of aliphatic hydroxyl groups is 1. The van der Waals surface area contributed by atoms with Gasteiger partial charge in [0.1, 0.15) is 0 Å². The number of thioether (sulfide) groups is 1. The van der Waals surface area contributed by atoms with Crippen molar-refractivity contribution in [2.75, 3.05) is 20.2 Å². The van der Waals surface area contributed by atoms with E-state index in [1.165, 1.54) is 17.9 Å². The third-order valence-electron chi connectivity index (χ3n) is 7.33. The molecule has 43 heavy (non-hydrogen) atoms. The first kappa shape index (κ1) is 30.4. The highest BCUT2D eigenvalue weighted by Crippen LogP contribution is 2.38. The number of benzene rings is 2. The Kier molecular flexibility index (Phi) is 7.94. The molecule has 2 N–H and O–H groups in total. The lowest BCUT2D eigenvalue weighted by atomic mass is 10.0. The molecule has 16 heteroatoms. The molecule has 0 bridgehead atoms. The summed E-state index contributed by atoms with van der Waals surface area (Å²) >= 11 is 1.07. The summed E-state index contributed by atoms with van der Waals surface area (Å²) in [7, 11) is 1.43. The van der Waals surface area contributed by atoms with Crippen molar-refractivity contribution in [3.8, 4) is 0 Å². The summed E-state index contributed by atoms with van der Waals surface area (Å²) in [5, 5.41) is 24.1. The van der Waals surface area contributed by atoms with E-state index >= 15 is 0 Å². The number of fused-ring (bicyclic) bond motifs is 1. The van der Waals surface area contributed by atoms with Gasteiger partial charge >= 0.3 is 18.4 Å². The van der Waals surface area contributed by atoms with E-state index in [0.717, 1.165) is 22.7 Å². The minimum Gasteiger partial charge on any atom is -0.465 e. The van der Waals surface area contributed by atoms with E-state index in [-0.39, 0.29) is 29.7 Å². The quantitative estimate of drug-likeness (QED) is 0.298. The van der Waals surface area contributed by atoms with Crippen LogP contribution in [0.4, 0.5) is 31.1 Å². The number of halogens is 6. The lowest BCUT2D eigenvalue weighted by molar-refractivity contribution is -0.143. The van der Waals surface area contributed by atoms with Gasteiger partial charge in [-0.3, -0.25) is 9.48 Å². The van der Waals surface area contributed by atoms with E-state index < -0.39 is 54.1 Å². The molecule has 1 saturated heterocycles. The molecule has 1 fully saturated rings. The average molecular weight is 628 g/mol. The molecule has 2 aliphatic heterocycles. The first-order chi connectivity index (χ1) is 20.2. The molecule has 2 atom stereocenters. The number of aliphatic hydroxyl groups excluding tert-OH is 1. The van der Waals surface area contributed by atoms with Gasteiger partial charge in [-0.25, -0.2) is 4.79 Å². The fourth-order valence-corrected chi connectivity index (χ4v) is 6.04. The Labute approximate surface area is 244 Å². The Morgan fingerprint density at radius 2 is 1.88 bits per heavy atom. The summed E-state index contributed by atoms with van der Waals surface area (Å²) in [6.07, 6.45) is -7.71. The maximum atomic E-state index is 13.6. The van der Waals surface area contributed by atoms with Crippen LogP contribution in [-0.4, -0.2) is 79.2 Å². The highest BCUT2D eigenvalue weighted by atomic mass is 32.2. The summed E-state index contributed by atoms with van der Waals surface area (Å²) in [5.74, 6) is -0.524. The molecule has 0 spiro atoms. The van der Waals surface area contributed by atoms with Gasteiger partial charge in [-0.1, -0.05) is 12.1 Å². The van der Waals surface area contributed by atoms with Crippen LogP contribution in [0.1, 0.15) is 28.7 Å². The van der Waals surface area contributed by atoms with Gasteiger partial charge in [-0.2, -0.15) is 36.4 Å². The van der Waals surface area contributed by atoms with Gasteiger partial charge in [-0.15, -0.1) is 0 Å². The van der Waals surface area contributed by atoms with Crippen LogP contribution >= 0.6 is 11.8 Å². The Balaban J connectivity index is 1.35. The van der Waals surface area contributed by atoms with Gasteiger partial charge in [0, 0.05) is 19.0 Å². The van der Waals surface area contributed by atoms with Crippen LogP contribution in [0.25, 0.3) is 17.0 Å². The summed E-state index contributed by atoms with van der Waals surface area (Å²) in [4.78, 5) is 31.3. The third kappa shape index (κ3) is 6.20. The summed E-state index contributed by atoms with van der Waals surface area (Å²) in [6, 6.07) is 5.51. The Hall–Kier alpha value is -4.05. The van der Waals surface area contributed by atoms with Gasteiger partial charge in [-0.05, 0) is 59.7 Å². The number of amides is 2. The van der Waals surface area contributed by atoms with Gasteiger partial charge in [0.2, 0.25) is 0 Å². The molecule has 9 nitrogen and oxygen atoms in total. The predicted molar refractivity (Wildman–Crippen MR) is 145 cm³/mol. The van der Waals surface area contributed by atoms with Gasteiger partial charge < -0.3 is 20.0 Å². The van der Waals surface area contributed by atoms with Crippen molar-refractivity contribution >= 4 is 45.9 Å². The van der Waals surface area contributed by atoms with Crippen molar-refractivity contribution in [3.05, 3.63) is 69.8 Å². The molecular weight excluding hydrogens is 604 g/mol. The van der Waals surface area contributed by atoms with Crippen molar-refractivity contribution in [1.82, 2.24) is 19.6 Å². The number of likely N-dealkylation sites (tertiary alicyclic amines) is 1. The number of carboxylic acid groups (broad SMARTS) is 1. The van der Waals surface area contributed by atoms with E-state index in [2.05, 4.69) is 10.1 Å². The van der Waals surface area contributed by atoms with Crippen molar-refractivity contribution in [3.63, 3.8) is 0 Å². The van der Waals surface area contributed by atoms with E-state index in [1.54, 1.807) is 29.2 Å². The normalized spacial score (nSPS) is 20.4. The Morgan fingerprint density at radius 1 is 1.14 bits per heavy atom. The SMILES string of the molecule is CN(C(=O)O)C1C[C@H](CO)N(C2=NC(=O)/C(=C\c3ccc4c(cnn4Cc4ccc(C(F)(F)F)cc4C(F)(F)F)c3)S2)C1. The third-order valence-corrected chi connectivity index (χ3v) is 8.35. The van der Waals surface area contributed by atoms with Crippen LogP contribution in [-0.2, 0) is 23.7 Å². The number of aromatic nitrogens is 2. The smallest absolute Gasteiger partial charge is 0.416 e. The number of amidine groups is 1. The molecular formula is C27H23F6N5O4S. The number of carbonyl (C=O) groups excluding carboxylic acids is 1. The van der Waals surface area contributed by atoms with Gasteiger partial charge in [0.25, 0.3) is 5.91 Å². The molecule has 2 amide bonds. The maximum absolute atomic E-state index is 13.6. The number of hydrogen-bond acceptors (Lipinski definition) is 6. The van der Waals surface area contributed by atoms with Crippen LogP contribution in [0.3, 0.4) is 0 Å². The zero-order valence-electron chi connectivity index (χ0n) is 22.2. The molecule has 3 aromatic rings. The summed E-state index contributed by atoms with van der Waals surface area (Å²) < 4.78 is 81.2. The molecule has 0 aliphatic carbocycles. The van der Waals surface area contributed by atoms with Crippen LogP contribution in [0.2, 0.25) is 0 Å². The Morgan fingerprint density at radius 3 is 2.53 bits per heavy atom. The van der Waals surface area contributed by atoms with Crippen molar-refractivity contribution in [1.29, 1.82) is 0 Å². The molecule has 2 aliphatic rings. The van der Waals surface area contributed by atoms with Crippen LogP contribution in [0.15, 0.2) is 52.5 Å². The number of carbonyl (C=O) groups is 2. The van der Waals surface area contributed by atoms with Gasteiger partial charge in [0.05, 0.1) is 53.0 Å². The van der Waals surface area contributed by atoms with Crippen LogP contribution in [0.5, 0.6) is 0 Å². The maximum Gasteiger partial charge on any atom is 0.416 e. The number of alkyl halides is 6. The van der Waals surface area contributed by atoms with Crippen molar-refractivity contribution < 1.29 is 46.1 Å². The number of rotatable bonds is 5. The standard InChI is InChI=1S/C27H23F6N5O4S/c1-36(25(41)42)18-9-19(13-39)37(12-18)24-35-23(40)22(43-24)7-14-2-5-21-16(6-14)10-34-38(21)11-15-3-4-17(26(28,29)30)8-20(15)27(31,32)33/h2-8,10,18-19,39H,9,11-13H2,1H3,(H,41,42)/b22-7+/t18?,19-/m1/s1. The number of nitrogens with zero attached hydrogens (tertiary/aromatic N) is 5. The molecule has 1 unspecified atom stereocenters. The highest BCUT2D eigenvalue weighted by Gasteiger charge is 2.40. The van der Waals surface area contributed by atoms with E-state index in [0.29, 0.717) is 34.1 Å². The first-order valence-corrected chi connectivity index (χ1v) is 13.6. The van der Waals surface area contributed by atoms with E-state index in [9.17, 15) is 46.1 Å². The molecule has 2 aromatic carbocycles. The number of aliphatic imine (C=N–C) groups is 1. The van der Waals surface area contributed by atoms with E-state index in [1.807, 2.05) is 0 Å². The summed E-state index contributed by atoms with van der Waals surface area (Å²) in [5.41, 5.74) is -2.19. The molecule has 0 radical (unpaired) electrons.